The van der Waals surface area contributed by atoms with Crippen LogP contribution in [0, 0.1) is 5.92 Å². The van der Waals surface area contributed by atoms with Gasteiger partial charge in [-0.1, -0.05) is 18.0 Å². The number of hydrogen-bond acceptors (Lipinski definition) is 3. The highest BCUT2D eigenvalue weighted by Gasteiger charge is 2.27. The highest BCUT2D eigenvalue weighted by atomic mass is 35.5. The van der Waals surface area contributed by atoms with E-state index in [9.17, 15) is 4.79 Å². The SMILES string of the molecule is Cl.NCC1CCCC1NC(=O)CSc1ccc(Cl)cc1. The quantitative estimate of drug-likeness (QED) is 0.813. The average Bonchev–Trinajstić information content (AvgIpc) is 2.85. The van der Waals surface area contributed by atoms with Gasteiger partial charge in [0.1, 0.15) is 0 Å². The molecule has 2 rings (SSSR count). The number of carbonyl (C=O) groups excluding carboxylic acids is 1. The minimum Gasteiger partial charge on any atom is -0.352 e. The van der Waals surface area contributed by atoms with E-state index in [4.69, 9.17) is 17.3 Å². The summed E-state index contributed by atoms with van der Waals surface area (Å²) in [5, 5.41) is 3.81. The first-order valence-electron chi connectivity index (χ1n) is 6.57. The number of hydrogen-bond donors (Lipinski definition) is 2. The molecule has 3 N–H and O–H groups in total. The molecule has 2 unspecified atom stereocenters. The van der Waals surface area contributed by atoms with Gasteiger partial charge in [-0.15, -0.1) is 24.2 Å². The number of nitrogens with two attached hydrogens (primary N) is 1. The highest BCUT2D eigenvalue weighted by Crippen LogP contribution is 2.25. The van der Waals surface area contributed by atoms with E-state index >= 15 is 0 Å². The molecule has 1 aromatic carbocycles. The maximum absolute atomic E-state index is 11.9. The Balaban J connectivity index is 0.00000200. The van der Waals surface area contributed by atoms with Crippen molar-refractivity contribution in [1.82, 2.24) is 5.32 Å². The van der Waals surface area contributed by atoms with E-state index in [0.29, 0.717) is 23.2 Å². The molecular formula is C14H20Cl2N2OS. The Bertz CT molecular complexity index is 428. The van der Waals surface area contributed by atoms with Crippen molar-refractivity contribution < 1.29 is 4.79 Å². The second-order valence-electron chi connectivity index (χ2n) is 4.84. The molecule has 1 aliphatic rings. The summed E-state index contributed by atoms with van der Waals surface area (Å²) in [6.07, 6.45) is 3.35. The second-order valence-corrected chi connectivity index (χ2v) is 6.33. The zero-order valence-corrected chi connectivity index (χ0v) is 13.6. The van der Waals surface area contributed by atoms with Gasteiger partial charge in [0.2, 0.25) is 5.91 Å². The molecule has 0 bridgehead atoms. The van der Waals surface area contributed by atoms with Gasteiger partial charge in [0.05, 0.1) is 5.75 Å². The van der Waals surface area contributed by atoms with E-state index in [1.54, 1.807) is 0 Å². The third kappa shape index (κ3) is 5.17. The highest BCUT2D eigenvalue weighted by molar-refractivity contribution is 8.00. The number of nitrogens with one attached hydrogen (secondary N) is 1. The molecule has 1 fully saturated rings. The topological polar surface area (TPSA) is 55.1 Å². The van der Waals surface area contributed by atoms with Crippen LogP contribution < -0.4 is 11.1 Å². The summed E-state index contributed by atoms with van der Waals surface area (Å²) in [5.74, 6) is 0.977. The molecule has 20 heavy (non-hydrogen) atoms. The van der Waals surface area contributed by atoms with Crippen molar-refractivity contribution in [2.45, 2.75) is 30.2 Å². The lowest BCUT2D eigenvalue weighted by Gasteiger charge is -2.19. The first kappa shape index (κ1) is 17.6. The molecule has 1 aromatic rings. The van der Waals surface area contributed by atoms with Crippen molar-refractivity contribution in [3.05, 3.63) is 29.3 Å². The smallest absolute Gasteiger partial charge is 0.230 e. The second kappa shape index (κ2) is 8.78. The number of thioether (sulfide) groups is 1. The fraction of sp³-hybridized carbons (Fsp3) is 0.500. The van der Waals surface area contributed by atoms with Gasteiger partial charge in [-0.05, 0) is 49.6 Å². The van der Waals surface area contributed by atoms with Gasteiger partial charge < -0.3 is 11.1 Å². The summed E-state index contributed by atoms with van der Waals surface area (Å²) in [4.78, 5) is 13.0. The van der Waals surface area contributed by atoms with Gasteiger partial charge in [0, 0.05) is 16.0 Å². The standard InChI is InChI=1S/C14H19ClN2OS.ClH/c15-11-4-6-12(7-5-11)19-9-14(18)17-13-3-1-2-10(13)8-16;/h4-7,10,13H,1-3,8-9,16H2,(H,17,18);1H. The zero-order chi connectivity index (χ0) is 13.7. The summed E-state index contributed by atoms with van der Waals surface area (Å²) in [6, 6.07) is 7.80. The van der Waals surface area contributed by atoms with Gasteiger partial charge in [-0.25, -0.2) is 0 Å². The van der Waals surface area contributed by atoms with Crippen LogP contribution in [0.4, 0.5) is 0 Å². The summed E-state index contributed by atoms with van der Waals surface area (Å²) < 4.78 is 0. The van der Waals surface area contributed by atoms with E-state index < -0.39 is 0 Å². The predicted molar refractivity (Wildman–Crippen MR) is 87.8 cm³/mol. The van der Waals surface area contributed by atoms with Gasteiger partial charge in [-0.3, -0.25) is 4.79 Å². The molecule has 1 aliphatic carbocycles. The molecule has 0 radical (unpaired) electrons. The minimum absolute atomic E-state index is 0. The van der Waals surface area contributed by atoms with Gasteiger partial charge in [0.25, 0.3) is 0 Å². The van der Waals surface area contributed by atoms with Crippen molar-refractivity contribution in [2.24, 2.45) is 11.7 Å². The summed E-state index contributed by atoms with van der Waals surface area (Å²) in [7, 11) is 0. The maximum Gasteiger partial charge on any atom is 0.230 e. The van der Waals surface area contributed by atoms with Crippen molar-refractivity contribution in [1.29, 1.82) is 0 Å². The number of benzene rings is 1. The molecule has 0 aromatic heterocycles. The predicted octanol–water partition coefficient (Wildman–Crippen LogP) is 3.10. The Morgan fingerprint density at radius 1 is 1.35 bits per heavy atom. The molecule has 3 nitrogen and oxygen atoms in total. The maximum atomic E-state index is 11.9. The Labute approximate surface area is 135 Å². The van der Waals surface area contributed by atoms with Crippen LogP contribution in [0.1, 0.15) is 19.3 Å². The monoisotopic (exact) mass is 334 g/mol. The van der Waals surface area contributed by atoms with Gasteiger partial charge in [-0.2, -0.15) is 0 Å². The Hall–Kier alpha value is -0.420. The molecule has 0 saturated heterocycles. The van der Waals surface area contributed by atoms with Crippen molar-refractivity contribution in [3.63, 3.8) is 0 Å². The number of halogens is 2. The minimum atomic E-state index is 0. The van der Waals surface area contributed by atoms with Crippen LogP contribution >= 0.6 is 35.8 Å². The molecule has 112 valence electrons. The molecular weight excluding hydrogens is 315 g/mol. The lowest BCUT2D eigenvalue weighted by molar-refractivity contribution is -0.119. The van der Waals surface area contributed by atoms with E-state index in [2.05, 4.69) is 5.32 Å². The van der Waals surface area contributed by atoms with Crippen LogP contribution in [-0.4, -0.2) is 24.2 Å². The molecule has 0 heterocycles. The Morgan fingerprint density at radius 3 is 2.70 bits per heavy atom. The largest absolute Gasteiger partial charge is 0.352 e. The third-order valence-electron chi connectivity index (χ3n) is 3.49. The summed E-state index contributed by atoms with van der Waals surface area (Å²) in [6.45, 7) is 0.662. The molecule has 2 atom stereocenters. The molecule has 1 saturated carbocycles. The van der Waals surface area contributed by atoms with Crippen LogP contribution in [0.15, 0.2) is 29.2 Å². The average molecular weight is 335 g/mol. The van der Waals surface area contributed by atoms with E-state index in [0.717, 1.165) is 24.2 Å². The summed E-state index contributed by atoms with van der Waals surface area (Å²) >= 11 is 7.35. The molecule has 1 amide bonds. The number of rotatable bonds is 5. The first-order chi connectivity index (χ1) is 9.19. The van der Waals surface area contributed by atoms with Crippen molar-refractivity contribution in [2.75, 3.05) is 12.3 Å². The lowest BCUT2D eigenvalue weighted by atomic mass is 10.0. The van der Waals surface area contributed by atoms with Crippen LogP contribution in [-0.2, 0) is 4.79 Å². The Morgan fingerprint density at radius 2 is 2.05 bits per heavy atom. The van der Waals surface area contributed by atoms with E-state index in [1.165, 1.54) is 11.8 Å². The van der Waals surface area contributed by atoms with Crippen molar-refractivity contribution in [3.8, 4) is 0 Å². The summed E-state index contributed by atoms with van der Waals surface area (Å²) in [5.41, 5.74) is 5.71. The first-order valence-corrected chi connectivity index (χ1v) is 7.93. The number of carbonyl (C=O) groups is 1. The zero-order valence-electron chi connectivity index (χ0n) is 11.2. The van der Waals surface area contributed by atoms with E-state index in [-0.39, 0.29) is 24.4 Å². The van der Waals surface area contributed by atoms with Gasteiger partial charge >= 0.3 is 0 Å². The van der Waals surface area contributed by atoms with E-state index in [1.807, 2.05) is 24.3 Å². The fourth-order valence-corrected chi connectivity index (χ4v) is 3.27. The van der Waals surface area contributed by atoms with Crippen LogP contribution in [0.5, 0.6) is 0 Å². The number of amides is 1. The lowest BCUT2D eigenvalue weighted by Crippen LogP contribution is -2.40. The van der Waals surface area contributed by atoms with Crippen molar-refractivity contribution >= 4 is 41.7 Å². The fourth-order valence-electron chi connectivity index (χ4n) is 2.44. The Kier molecular flexibility index (Phi) is 7.74. The molecule has 0 spiro atoms. The third-order valence-corrected chi connectivity index (χ3v) is 4.76. The van der Waals surface area contributed by atoms with Crippen LogP contribution in [0.3, 0.4) is 0 Å². The van der Waals surface area contributed by atoms with Gasteiger partial charge in [0.15, 0.2) is 0 Å². The molecule has 6 heteroatoms. The van der Waals surface area contributed by atoms with Crippen LogP contribution in [0.25, 0.3) is 0 Å². The van der Waals surface area contributed by atoms with Crippen LogP contribution in [0.2, 0.25) is 5.02 Å². The molecule has 0 aliphatic heterocycles. The normalized spacial score (nSPS) is 21.3.